The van der Waals surface area contributed by atoms with Crippen LogP contribution >= 0.6 is 0 Å². The molecular formula is C7H12O4. The Morgan fingerprint density at radius 3 is 2.73 bits per heavy atom. The number of hydrogen-bond donors (Lipinski definition) is 1. The number of rotatable bonds is 1. The van der Waals surface area contributed by atoms with E-state index in [9.17, 15) is 4.79 Å². The molecule has 1 saturated heterocycles. The molecule has 0 bridgehead atoms. The smallest absolute Gasteiger partial charge is 0.303 e. The van der Waals surface area contributed by atoms with Crippen molar-refractivity contribution in [3.05, 3.63) is 0 Å². The number of ether oxygens (including phenoxy) is 2. The van der Waals surface area contributed by atoms with E-state index in [0.29, 0.717) is 6.42 Å². The van der Waals surface area contributed by atoms with Crippen molar-refractivity contribution >= 4 is 5.97 Å². The maximum Gasteiger partial charge on any atom is 0.303 e. The molecule has 0 radical (unpaired) electrons. The normalized spacial score (nSPS) is 37.2. The molecule has 0 amide bonds. The van der Waals surface area contributed by atoms with Crippen molar-refractivity contribution in [3.8, 4) is 0 Å². The summed E-state index contributed by atoms with van der Waals surface area (Å²) in [6.45, 7) is 3.14. The molecule has 1 aliphatic rings. The number of carbonyl (C=O) groups excluding carboxylic acids is 1. The zero-order valence-corrected chi connectivity index (χ0v) is 6.61. The highest BCUT2D eigenvalue weighted by Crippen LogP contribution is 2.20. The molecule has 0 saturated carbocycles. The largest absolute Gasteiger partial charge is 0.457 e. The second-order valence-electron chi connectivity index (χ2n) is 2.72. The number of carbonyl (C=O) groups is 1. The summed E-state index contributed by atoms with van der Waals surface area (Å²) in [5, 5.41) is 9.11. The summed E-state index contributed by atoms with van der Waals surface area (Å²) in [6.07, 6.45) is -0.897. The van der Waals surface area contributed by atoms with Gasteiger partial charge in [0.25, 0.3) is 0 Å². The highest BCUT2D eigenvalue weighted by atomic mass is 16.7. The lowest BCUT2D eigenvalue weighted by atomic mass is 10.2. The molecule has 11 heavy (non-hydrogen) atoms. The van der Waals surface area contributed by atoms with E-state index in [1.165, 1.54) is 6.92 Å². The first-order valence-electron chi connectivity index (χ1n) is 3.60. The first-order chi connectivity index (χ1) is 5.09. The third kappa shape index (κ3) is 2.17. The number of aliphatic hydroxyl groups is 1. The summed E-state index contributed by atoms with van der Waals surface area (Å²) in [5.74, 6) is -0.383. The van der Waals surface area contributed by atoms with Crippen LogP contribution in [0.1, 0.15) is 20.3 Å². The number of aliphatic hydroxyl groups excluding tert-OH is 1. The van der Waals surface area contributed by atoms with Gasteiger partial charge >= 0.3 is 5.97 Å². The SMILES string of the molecule is CC(=O)O[C@@H]1CC(C)OC1O. The first-order valence-corrected chi connectivity index (χ1v) is 3.60. The van der Waals surface area contributed by atoms with Crippen molar-refractivity contribution in [3.63, 3.8) is 0 Å². The fourth-order valence-electron chi connectivity index (χ4n) is 1.14. The monoisotopic (exact) mass is 160 g/mol. The van der Waals surface area contributed by atoms with Crippen LogP contribution in [0.25, 0.3) is 0 Å². The van der Waals surface area contributed by atoms with E-state index in [2.05, 4.69) is 0 Å². The molecule has 4 heteroatoms. The summed E-state index contributed by atoms with van der Waals surface area (Å²) >= 11 is 0. The van der Waals surface area contributed by atoms with Gasteiger partial charge < -0.3 is 14.6 Å². The van der Waals surface area contributed by atoms with Gasteiger partial charge in [-0.25, -0.2) is 0 Å². The van der Waals surface area contributed by atoms with Crippen LogP contribution in [-0.2, 0) is 14.3 Å². The van der Waals surface area contributed by atoms with E-state index in [0.717, 1.165) is 0 Å². The quantitative estimate of drug-likeness (QED) is 0.550. The highest BCUT2D eigenvalue weighted by Gasteiger charge is 2.33. The second-order valence-corrected chi connectivity index (χ2v) is 2.72. The molecule has 4 nitrogen and oxygen atoms in total. The Labute approximate surface area is 65.1 Å². The second kappa shape index (κ2) is 3.19. The third-order valence-corrected chi connectivity index (χ3v) is 1.57. The molecule has 1 aliphatic heterocycles. The molecule has 1 heterocycles. The van der Waals surface area contributed by atoms with Gasteiger partial charge in [-0.3, -0.25) is 4.79 Å². The number of hydrogen-bond acceptors (Lipinski definition) is 4. The molecule has 0 spiro atoms. The minimum absolute atomic E-state index is 0.0330. The van der Waals surface area contributed by atoms with E-state index in [-0.39, 0.29) is 12.1 Å². The first kappa shape index (κ1) is 8.49. The van der Waals surface area contributed by atoms with Gasteiger partial charge in [-0.15, -0.1) is 0 Å². The zero-order chi connectivity index (χ0) is 8.43. The Hall–Kier alpha value is -0.610. The molecule has 2 unspecified atom stereocenters. The highest BCUT2D eigenvalue weighted by molar-refractivity contribution is 5.66. The summed E-state index contributed by atoms with van der Waals surface area (Å²) < 4.78 is 9.73. The molecule has 1 fully saturated rings. The Bertz CT molecular complexity index is 157. The molecule has 0 aromatic rings. The van der Waals surface area contributed by atoms with Crippen molar-refractivity contribution < 1.29 is 19.4 Å². The molecular weight excluding hydrogens is 148 g/mol. The van der Waals surface area contributed by atoms with Crippen LogP contribution in [0, 0.1) is 0 Å². The van der Waals surface area contributed by atoms with Gasteiger partial charge in [0.1, 0.15) is 0 Å². The lowest BCUT2D eigenvalue weighted by Gasteiger charge is -2.11. The average Bonchev–Trinajstić information content (AvgIpc) is 2.09. The Kier molecular flexibility index (Phi) is 2.46. The zero-order valence-electron chi connectivity index (χ0n) is 6.61. The Morgan fingerprint density at radius 2 is 2.36 bits per heavy atom. The van der Waals surface area contributed by atoms with Crippen LogP contribution in [0.15, 0.2) is 0 Å². The topological polar surface area (TPSA) is 55.8 Å². The van der Waals surface area contributed by atoms with Gasteiger partial charge in [0, 0.05) is 13.3 Å². The average molecular weight is 160 g/mol. The van der Waals surface area contributed by atoms with Crippen LogP contribution in [0.2, 0.25) is 0 Å². The molecule has 1 rings (SSSR count). The fourth-order valence-corrected chi connectivity index (χ4v) is 1.14. The standard InChI is InChI=1S/C7H12O4/c1-4-3-6(7(9)10-4)11-5(2)8/h4,6-7,9H,3H2,1-2H3/t4?,6-,7?/m1/s1. The van der Waals surface area contributed by atoms with Crippen molar-refractivity contribution in [1.82, 2.24) is 0 Å². The lowest BCUT2D eigenvalue weighted by molar-refractivity contribution is -0.166. The van der Waals surface area contributed by atoms with Gasteiger partial charge in [-0.2, -0.15) is 0 Å². The van der Waals surface area contributed by atoms with Gasteiger partial charge in [0.05, 0.1) is 6.10 Å². The van der Waals surface area contributed by atoms with Gasteiger partial charge in [0.2, 0.25) is 0 Å². The number of esters is 1. The molecule has 0 aliphatic carbocycles. The summed E-state index contributed by atoms with van der Waals surface area (Å²) in [5.41, 5.74) is 0. The molecule has 0 aromatic carbocycles. The Morgan fingerprint density at radius 1 is 1.73 bits per heavy atom. The van der Waals surface area contributed by atoms with E-state index in [4.69, 9.17) is 14.6 Å². The maximum absolute atomic E-state index is 10.5. The predicted octanol–water partition coefficient (Wildman–Crippen LogP) is 0.0453. The lowest BCUT2D eigenvalue weighted by Crippen LogP contribution is -2.25. The van der Waals surface area contributed by atoms with E-state index in [1.807, 2.05) is 6.92 Å². The molecule has 0 aromatic heterocycles. The van der Waals surface area contributed by atoms with Crippen LogP contribution in [0.4, 0.5) is 0 Å². The fraction of sp³-hybridized carbons (Fsp3) is 0.857. The molecule has 64 valence electrons. The molecule has 1 N–H and O–H groups in total. The van der Waals surface area contributed by atoms with Gasteiger partial charge in [-0.1, -0.05) is 0 Å². The van der Waals surface area contributed by atoms with E-state index < -0.39 is 12.4 Å². The van der Waals surface area contributed by atoms with E-state index in [1.54, 1.807) is 0 Å². The van der Waals surface area contributed by atoms with Crippen molar-refractivity contribution in [2.24, 2.45) is 0 Å². The van der Waals surface area contributed by atoms with E-state index >= 15 is 0 Å². The summed E-state index contributed by atoms with van der Waals surface area (Å²) in [6, 6.07) is 0. The van der Waals surface area contributed by atoms with Crippen molar-refractivity contribution in [2.45, 2.75) is 38.8 Å². The minimum atomic E-state index is -0.950. The van der Waals surface area contributed by atoms with Crippen molar-refractivity contribution in [2.75, 3.05) is 0 Å². The minimum Gasteiger partial charge on any atom is -0.457 e. The van der Waals surface area contributed by atoms with Crippen LogP contribution in [-0.4, -0.2) is 29.6 Å². The van der Waals surface area contributed by atoms with Gasteiger partial charge in [0.15, 0.2) is 12.4 Å². The maximum atomic E-state index is 10.5. The molecule has 3 atom stereocenters. The van der Waals surface area contributed by atoms with Crippen molar-refractivity contribution in [1.29, 1.82) is 0 Å². The summed E-state index contributed by atoms with van der Waals surface area (Å²) in [7, 11) is 0. The van der Waals surface area contributed by atoms with Crippen LogP contribution in [0.5, 0.6) is 0 Å². The van der Waals surface area contributed by atoms with Crippen LogP contribution < -0.4 is 0 Å². The van der Waals surface area contributed by atoms with Crippen LogP contribution in [0.3, 0.4) is 0 Å². The predicted molar refractivity (Wildman–Crippen MR) is 36.7 cm³/mol. The Balaban J connectivity index is 2.40. The third-order valence-electron chi connectivity index (χ3n) is 1.57. The van der Waals surface area contributed by atoms with Gasteiger partial charge in [-0.05, 0) is 6.92 Å². The summed E-state index contributed by atoms with van der Waals surface area (Å²) in [4.78, 5) is 10.5.